The van der Waals surface area contributed by atoms with Gasteiger partial charge in [-0.25, -0.2) is 9.97 Å². The Kier molecular flexibility index (Phi) is 4.92. The molecule has 2 aliphatic heterocycles. The summed E-state index contributed by atoms with van der Waals surface area (Å²) in [5.41, 5.74) is 2.64. The number of aromatic nitrogens is 3. The lowest BCUT2D eigenvalue weighted by Gasteiger charge is -2.36. The summed E-state index contributed by atoms with van der Waals surface area (Å²) in [5, 5.41) is 0. The van der Waals surface area contributed by atoms with E-state index in [4.69, 9.17) is 0 Å². The van der Waals surface area contributed by atoms with Gasteiger partial charge < -0.3 is 14.7 Å². The molecule has 2 fully saturated rings. The molecule has 27 heavy (non-hydrogen) atoms. The Labute approximate surface area is 160 Å². The fraction of sp³-hybridized carbons (Fsp3) is 0.500. The summed E-state index contributed by atoms with van der Waals surface area (Å²) in [5.74, 6) is 1.98. The van der Waals surface area contributed by atoms with Gasteiger partial charge in [0.1, 0.15) is 11.6 Å². The van der Waals surface area contributed by atoms with Gasteiger partial charge in [-0.1, -0.05) is 0 Å². The molecule has 2 saturated heterocycles. The SMILES string of the molecule is Cc1cnc(C)c(N2CCN(c3cc(C(=O)N4CCCC4)ccn3)CC2)n1. The van der Waals surface area contributed by atoms with E-state index < -0.39 is 0 Å². The molecule has 0 saturated carbocycles. The average Bonchev–Trinajstić information content (AvgIpc) is 3.24. The summed E-state index contributed by atoms with van der Waals surface area (Å²) in [6.07, 6.45) is 5.77. The van der Waals surface area contributed by atoms with Crippen molar-refractivity contribution in [3.8, 4) is 0 Å². The van der Waals surface area contributed by atoms with Gasteiger partial charge in [-0.05, 0) is 38.8 Å². The summed E-state index contributed by atoms with van der Waals surface area (Å²) in [7, 11) is 0. The average molecular weight is 366 g/mol. The number of carbonyl (C=O) groups excluding carboxylic acids is 1. The number of rotatable bonds is 3. The minimum Gasteiger partial charge on any atom is -0.353 e. The summed E-state index contributed by atoms with van der Waals surface area (Å²) >= 11 is 0. The molecule has 0 N–H and O–H groups in total. The number of pyridine rings is 1. The number of amides is 1. The molecule has 2 aromatic rings. The summed E-state index contributed by atoms with van der Waals surface area (Å²) < 4.78 is 0. The highest BCUT2D eigenvalue weighted by molar-refractivity contribution is 5.95. The first-order chi connectivity index (χ1) is 13.1. The van der Waals surface area contributed by atoms with Crippen molar-refractivity contribution in [2.45, 2.75) is 26.7 Å². The first-order valence-electron chi connectivity index (χ1n) is 9.67. The second-order valence-electron chi connectivity index (χ2n) is 7.30. The standard InChI is InChI=1S/C20H26N6O/c1-15-14-22-16(2)19(23-15)25-11-9-24(10-12-25)18-13-17(5-6-21-18)20(27)26-7-3-4-8-26/h5-6,13-14H,3-4,7-12H2,1-2H3. The van der Waals surface area contributed by atoms with Crippen LogP contribution in [-0.4, -0.2) is 65.0 Å². The third kappa shape index (κ3) is 3.72. The molecule has 2 aliphatic rings. The number of hydrogen-bond donors (Lipinski definition) is 0. The number of piperazine rings is 1. The van der Waals surface area contributed by atoms with Gasteiger partial charge in [0, 0.05) is 57.2 Å². The number of anilines is 2. The molecule has 0 radical (unpaired) electrons. The van der Waals surface area contributed by atoms with Crippen LogP contribution in [0.15, 0.2) is 24.5 Å². The van der Waals surface area contributed by atoms with Gasteiger partial charge in [0.05, 0.1) is 11.4 Å². The van der Waals surface area contributed by atoms with E-state index >= 15 is 0 Å². The van der Waals surface area contributed by atoms with Crippen LogP contribution in [0.3, 0.4) is 0 Å². The minimum atomic E-state index is 0.125. The van der Waals surface area contributed by atoms with Gasteiger partial charge in [0.15, 0.2) is 0 Å². The highest BCUT2D eigenvalue weighted by Crippen LogP contribution is 2.21. The Morgan fingerprint density at radius 1 is 0.963 bits per heavy atom. The van der Waals surface area contributed by atoms with Gasteiger partial charge in [-0.2, -0.15) is 0 Å². The Balaban J connectivity index is 1.44. The van der Waals surface area contributed by atoms with E-state index in [-0.39, 0.29) is 5.91 Å². The predicted molar refractivity (Wildman–Crippen MR) is 105 cm³/mol. The molecule has 4 rings (SSSR count). The third-order valence-corrected chi connectivity index (χ3v) is 5.34. The summed E-state index contributed by atoms with van der Waals surface area (Å²) in [6, 6.07) is 3.76. The van der Waals surface area contributed by atoms with Crippen LogP contribution < -0.4 is 9.80 Å². The molecule has 142 valence electrons. The van der Waals surface area contributed by atoms with Crippen LogP contribution in [-0.2, 0) is 0 Å². The molecule has 4 heterocycles. The van der Waals surface area contributed by atoms with Crippen molar-refractivity contribution < 1.29 is 4.79 Å². The molecular weight excluding hydrogens is 340 g/mol. The maximum Gasteiger partial charge on any atom is 0.254 e. The van der Waals surface area contributed by atoms with Gasteiger partial charge in [0.25, 0.3) is 5.91 Å². The van der Waals surface area contributed by atoms with Crippen LogP contribution in [0.5, 0.6) is 0 Å². The Hall–Kier alpha value is -2.70. The van der Waals surface area contributed by atoms with Crippen LogP contribution >= 0.6 is 0 Å². The Morgan fingerprint density at radius 3 is 2.41 bits per heavy atom. The van der Waals surface area contributed by atoms with Crippen molar-refractivity contribution in [3.05, 3.63) is 41.5 Å². The lowest BCUT2D eigenvalue weighted by atomic mass is 10.2. The fourth-order valence-electron chi connectivity index (χ4n) is 3.80. The van der Waals surface area contributed by atoms with Crippen molar-refractivity contribution in [2.75, 3.05) is 49.1 Å². The van der Waals surface area contributed by atoms with E-state index in [1.807, 2.05) is 37.1 Å². The molecule has 0 spiro atoms. The second-order valence-corrected chi connectivity index (χ2v) is 7.30. The third-order valence-electron chi connectivity index (χ3n) is 5.34. The number of nitrogens with zero attached hydrogens (tertiary/aromatic N) is 6. The highest BCUT2D eigenvalue weighted by atomic mass is 16.2. The second kappa shape index (κ2) is 7.50. The van der Waals surface area contributed by atoms with Crippen LogP contribution in [0.25, 0.3) is 0 Å². The van der Waals surface area contributed by atoms with Crippen molar-refractivity contribution in [1.29, 1.82) is 0 Å². The topological polar surface area (TPSA) is 65.5 Å². The number of likely N-dealkylation sites (tertiary alicyclic amines) is 1. The molecule has 2 aromatic heterocycles. The lowest BCUT2D eigenvalue weighted by molar-refractivity contribution is 0.0792. The van der Waals surface area contributed by atoms with Crippen molar-refractivity contribution in [3.63, 3.8) is 0 Å². The zero-order valence-electron chi connectivity index (χ0n) is 16.1. The van der Waals surface area contributed by atoms with E-state index in [0.29, 0.717) is 0 Å². The summed E-state index contributed by atoms with van der Waals surface area (Å²) in [4.78, 5) is 32.7. The molecule has 0 atom stereocenters. The molecular formula is C20H26N6O. The van der Waals surface area contributed by atoms with E-state index in [2.05, 4.69) is 24.8 Å². The normalized spacial score (nSPS) is 17.5. The van der Waals surface area contributed by atoms with Gasteiger partial charge in [0.2, 0.25) is 0 Å². The van der Waals surface area contributed by atoms with Crippen LogP contribution in [0.4, 0.5) is 11.6 Å². The minimum absolute atomic E-state index is 0.125. The Bertz CT molecular complexity index is 825. The number of hydrogen-bond acceptors (Lipinski definition) is 6. The zero-order valence-corrected chi connectivity index (χ0v) is 16.1. The molecule has 0 unspecified atom stereocenters. The maximum absolute atomic E-state index is 12.6. The van der Waals surface area contributed by atoms with E-state index in [1.54, 1.807) is 6.20 Å². The van der Waals surface area contributed by atoms with Gasteiger partial charge >= 0.3 is 0 Å². The quantitative estimate of drug-likeness (QED) is 0.828. The van der Waals surface area contributed by atoms with Crippen LogP contribution in [0.2, 0.25) is 0 Å². The lowest BCUT2D eigenvalue weighted by Crippen LogP contribution is -2.47. The first-order valence-corrected chi connectivity index (χ1v) is 9.67. The Morgan fingerprint density at radius 2 is 1.67 bits per heavy atom. The fourth-order valence-corrected chi connectivity index (χ4v) is 3.80. The van der Waals surface area contributed by atoms with Crippen molar-refractivity contribution in [1.82, 2.24) is 19.9 Å². The molecule has 7 heteroatoms. The molecule has 0 bridgehead atoms. The van der Waals surface area contributed by atoms with Gasteiger partial charge in [-0.15, -0.1) is 0 Å². The molecule has 7 nitrogen and oxygen atoms in total. The first kappa shape index (κ1) is 17.7. The highest BCUT2D eigenvalue weighted by Gasteiger charge is 2.23. The number of aryl methyl sites for hydroxylation is 2. The molecule has 1 amide bonds. The van der Waals surface area contributed by atoms with Crippen molar-refractivity contribution in [2.24, 2.45) is 0 Å². The van der Waals surface area contributed by atoms with E-state index in [0.717, 1.165) is 80.7 Å². The van der Waals surface area contributed by atoms with E-state index in [1.165, 1.54) is 0 Å². The maximum atomic E-state index is 12.6. The molecule has 0 aromatic carbocycles. The smallest absolute Gasteiger partial charge is 0.254 e. The van der Waals surface area contributed by atoms with Crippen LogP contribution in [0.1, 0.15) is 34.6 Å². The van der Waals surface area contributed by atoms with Gasteiger partial charge in [-0.3, -0.25) is 9.78 Å². The monoisotopic (exact) mass is 366 g/mol. The van der Waals surface area contributed by atoms with E-state index in [9.17, 15) is 4.79 Å². The largest absolute Gasteiger partial charge is 0.353 e. The predicted octanol–water partition coefficient (Wildman–Crippen LogP) is 2.05. The van der Waals surface area contributed by atoms with Crippen LogP contribution in [0, 0.1) is 13.8 Å². The summed E-state index contributed by atoms with van der Waals surface area (Å²) in [6.45, 7) is 9.14. The zero-order chi connectivity index (χ0) is 18.8. The molecule has 0 aliphatic carbocycles. The number of carbonyl (C=O) groups is 1. The van der Waals surface area contributed by atoms with Crippen molar-refractivity contribution >= 4 is 17.5 Å².